The van der Waals surface area contributed by atoms with Crippen LogP contribution in [0.25, 0.3) is 0 Å². The predicted octanol–water partition coefficient (Wildman–Crippen LogP) is 7.42. The van der Waals surface area contributed by atoms with E-state index in [2.05, 4.69) is 111 Å². The standard InChI is InChI=1S/C41H78N4O4/c1-26(2)18-42(19-27(3)4)38(46)34-17-35(39(47)43(20-28(5)6)21-29(7)8)37(41(49)45(24-32(13)14)25-33(15)16)36(34)40(48)44(22-30(9)10)23-31(11)12/h26-37H,17-25H2,1-16H3. The Morgan fingerprint density at radius 1 is 0.347 bits per heavy atom. The van der Waals surface area contributed by atoms with Gasteiger partial charge in [-0.15, -0.1) is 0 Å². The van der Waals surface area contributed by atoms with E-state index in [4.69, 9.17) is 0 Å². The smallest absolute Gasteiger partial charge is 0.227 e. The molecule has 0 aromatic rings. The molecule has 4 atom stereocenters. The monoisotopic (exact) mass is 691 g/mol. The minimum Gasteiger partial charge on any atom is -0.342 e. The second-order valence-corrected chi connectivity index (χ2v) is 18.6. The van der Waals surface area contributed by atoms with Gasteiger partial charge in [-0.2, -0.15) is 0 Å². The SMILES string of the molecule is CC(C)CN(CC(C)C)C(=O)C1CC(C(=O)N(CC(C)C)CC(C)C)C(C(=O)N(CC(C)C)CC(C)C)C1C(=O)N(CC(C)C)CC(C)C. The Labute approximate surface area is 302 Å². The van der Waals surface area contributed by atoms with Crippen molar-refractivity contribution in [2.75, 3.05) is 52.4 Å². The lowest BCUT2D eigenvalue weighted by Crippen LogP contribution is -2.52. The van der Waals surface area contributed by atoms with Crippen LogP contribution in [0.5, 0.6) is 0 Å². The summed E-state index contributed by atoms with van der Waals surface area (Å²) in [7, 11) is 0. The first kappa shape index (κ1) is 44.9. The van der Waals surface area contributed by atoms with Crippen LogP contribution in [0.2, 0.25) is 0 Å². The molecule has 0 aromatic carbocycles. The van der Waals surface area contributed by atoms with E-state index in [0.29, 0.717) is 52.4 Å². The van der Waals surface area contributed by atoms with E-state index in [-0.39, 0.29) is 77.4 Å². The maximum Gasteiger partial charge on any atom is 0.227 e. The van der Waals surface area contributed by atoms with Crippen molar-refractivity contribution < 1.29 is 19.2 Å². The van der Waals surface area contributed by atoms with Crippen molar-refractivity contribution in [3.05, 3.63) is 0 Å². The Hall–Kier alpha value is -2.12. The number of hydrogen-bond acceptors (Lipinski definition) is 4. The Kier molecular flexibility index (Phi) is 18.9. The summed E-state index contributed by atoms with van der Waals surface area (Å²) in [5.74, 6) is -1.88. The first-order valence-electron chi connectivity index (χ1n) is 19.7. The minimum absolute atomic E-state index is 0.0820. The first-order valence-corrected chi connectivity index (χ1v) is 19.7. The number of nitrogens with zero attached hydrogens (tertiary/aromatic N) is 4. The number of amides is 4. The molecule has 1 rings (SSSR count). The molecule has 1 aliphatic carbocycles. The van der Waals surface area contributed by atoms with E-state index in [1.165, 1.54) is 0 Å². The van der Waals surface area contributed by atoms with Gasteiger partial charge < -0.3 is 19.6 Å². The van der Waals surface area contributed by atoms with Crippen LogP contribution < -0.4 is 0 Å². The van der Waals surface area contributed by atoms with Gasteiger partial charge in [0.1, 0.15) is 0 Å². The van der Waals surface area contributed by atoms with E-state index in [9.17, 15) is 9.59 Å². The van der Waals surface area contributed by atoms with E-state index in [1.807, 2.05) is 19.6 Å². The van der Waals surface area contributed by atoms with Crippen LogP contribution in [0.15, 0.2) is 0 Å². The van der Waals surface area contributed by atoms with Gasteiger partial charge in [0.2, 0.25) is 23.6 Å². The number of carbonyl (C=O) groups is 4. The van der Waals surface area contributed by atoms with Crippen molar-refractivity contribution in [3.8, 4) is 0 Å². The maximum atomic E-state index is 15.1. The number of carbonyl (C=O) groups excluding carboxylic acids is 4. The Morgan fingerprint density at radius 2 is 0.510 bits per heavy atom. The average Bonchev–Trinajstić information content (AvgIpc) is 3.32. The lowest BCUT2D eigenvalue weighted by Gasteiger charge is -2.38. The molecule has 0 N–H and O–H groups in total. The topological polar surface area (TPSA) is 81.2 Å². The summed E-state index contributed by atoms with van der Waals surface area (Å²) < 4.78 is 0. The molecule has 1 fully saturated rings. The van der Waals surface area contributed by atoms with Crippen molar-refractivity contribution in [1.82, 2.24) is 19.6 Å². The quantitative estimate of drug-likeness (QED) is 0.133. The fourth-order valence-electron chi connectivity index (χ4n) is 7.66. The third-order valence-electron chi connectivity index (χ3n) is 8.90. The van der Waals surface area contributed by atoms with Gasteiger partial charge in [0.25, 0.3) is 0 Å². The van der Waals surface area contributed by atoms with Crippen LogP contribution in [0.1, 0.15) is 117 Å². The molecule has 286 valence electrons. The molecule has 0 saturated heterocycles. The second kappa shape index (κ2) is 20.7. The highest BCUT2D eigenvalue weighted by Crippen LogP contribution is 2.46. The summed E-state index contributed by atoms with van der Waals surface area (Å²) in [5, 5.41) is 0. The Morgan fingerprint density at radius 3 is 0.673 bits per heavy atom. The van der Waals surface area contributed by atoms with E-state index >= 15 is 9.59 Å². The van der Waals surface area contributed by atoms with Crippen LogP contribution in [-0.4, -0.2) is 95.6 Å². The molecule has 0 bridgehead atoms. The van der Waals surface area contributed by atoms with Crippen LogP contribution >= 0.6 is 0 Å². The first-order chi connectivity index (χ1) is 22.6. The zero-order valence-electron chi connectivity index (χ0n) is 34.7. The highest BCUT2D eigenvalue weighted by molar-refractivity contribution is 5.98. The zero-order chi connectivity index (χ0) is 37.9. The van der Waals surface area contributed by atoms with Crippen LogP contribution in [-0.2, 0) is 19.2 Å². The molecule has 1 aliphatic rings. The van der Waals surface area contributed by atoms with Crippen molar-refractivity contribution in [2.24, 2.45) is 71.0 Å². The van der Waals surface area contributed by atoms with Gasteiger partial charge in [0.05, 0.1) is 23.7 Å². The van der Waals surface area contributed by atoms with Gasteiger partial charge in [0.15, 0.2) is 0 Å². The van der Waals surface area contributed by atoms with Gasteiger partial charge in [0, 0.05) is 52.4 Å². The molecule has 0 radical (unpaired) electrons. The van der Waals surface area contributed by atoms with Crippen molar-refractivity contribution in [2.45, 2.75) is 117 Å². The van der Waals surface area contributed by atoms with Crippen molar-refractivity contribution in [1.29, 1.82) is 0 Å². The number of hydrogen-bond donors (Lipinski definition) is 0. The Balaban J connectivity index is 4.13. The highest BCUT2D eigenvalue weighted by atomic mass is 16.2. The lowest BCUT2D eigenvalue weighted by molar-refractivity contribution is -0.154. The van der Waals surface area contributed by atoms with E-state index in [1.54, 1.807) is 0 Å². The van der Waals surface area contributed by atoms with Crippen molar-refractivity contribution in [3.63, 3.8) is 0 Å². The van der Waals surface area contributed by atoms with Gasteiger partial charge >= 0.3 is 0 Å². The maximum absolute atomic E-state index is 15.1. The summed E-state index contributed by atoms with van der Waals surface area (Å²) >= 11 is 0. The molecule has 1 saturated carbocycles. The molecule has 8 nitrogen and oxygen atoms in total. The van der Waals surface area contributed by atoms with E-state index < -0.39 is 23.7 Å². The van der Waals surface area contributed by atoms with Gasteiger partial charge in [-0.3, -0.25) is 19.2 Å². The molecule has 0 aromatic heterocycles. The molecular formula is C41H78N4O4. The van der Waals surface area contributed by atoms with E-state index in [0.717, 1.165) is 0 Å². The molecule has 4 unspecified atom stereocenters. The fourth-order valence-corrected chi connectivity index (χ4v) is 7.66. The fraction of sp³-hybridized carbons (Fsp3) is 0.902. The summed E-state index contributed by atoms with van der Waals surface area (Å²) in [6.07, 6.45) is 0.220. The third kappa shape index (κ3) is 14.6. The molecule has 0 aliphatic heterocycles. The van der Waals surface area contributed by atoms with Gasteiger partial charge in [-0.25, -0.2) is 0 Å². The summed E-state index contributed by atoms with van der Waals surface area (Å²) in [5.41, 5.74) is 0. The molecule has 49 heavy (non-hydrogen) atoms. The normalized spacial score (nSPS) is 19.8. The largest absolute Gasteiger partial charge is 0.342 e. The highest BCUT2D eigenvalue weighted by Gasteiger charge is 2.58. The molecule has 4 amide bonds. The van der Waals surface area contributed by atoms with Crippen molar-refractivity contribution >= 4 is 23.6 Å². The molecule has 0 heterocycles. The molecular weight excluding hydrogens is 612 g/mol. The summed E-state index contributed by atoms with van der Waals surface area (Å²) in [6, 6.07) is 0. The minimum atomic E-state index is -0.893. The van der Waals surface area contributed by atoms with Crippen LogP contribution in [0.3, 0.4) is 0 Å². The van der Waals surface area contributed by atoms with Crippen LogP contribution in [0, 0.1) is 71.0 Å². The Bertz CT molecular complexity index is 915. The third-order valence-corrected chi connectivity index (χ3v) is 8.90. The predicted molar refractivity (Wildman–Crippen MR) is 204 cm³/mol. The zero-order valence-corrected chi connectivity index (χ0v) is 34.7. The van der Waals surface area contributed by atoms with Gasteiger partial charge in [-0.05, 0) is 53.8 Å². The molecule has 8 heteroatoms. The lowest BCUT2D eigenvalue weighted by atomic mass is 9.82. The summed E-state index contributed by atoms with van der Waals surface area (Å²) in [6.45, 7) is 38.1. The number of rotatable bonds is 20. The summed E-state index contributed by atoms with van der Waals surface area (Å²) in [4.78, 5) is 67.7. The van der Waals surface area contributed by atoms with Crippen LogP contribution in [0.4, 0.5) is 0 Å². The second-order valence-electron chi connectivity index (χ2n) is 18.6. The average molecular weight is 691 g/mol. The van der Waals surface area contributed by atoms with Gasteiger partial charge in [-0.1, -0.05) is 111 Å². The molecule has 0 spiro atoms.